The number of likely N-dealkylation sites (tertiary alicyclic amines) is 1. The van der Waals surface area contributed by atoms with E-state index in [4.69, 9.17) is 9.84 Å². The van der Waals surface area contributed by atoms with Crippen molar-refractivity contribution in [2.24, 2.45) is 5.10 Å². The number of nitrogens with zero attached hydrogens (tertiary/aromatic N) is 3. The largest absolute Gasteiger partial charge is 0.466 e. The van der Waals surface area contributed by atoms with Crippen molar-refractivity contribution in [2.75, 3.05) is 19.6 Å². The Bertz CT molecular complexity index is 1150. The number of rotatable bonds is 4. The molecule has 1 atom stereocenters. The van der Waals surface area contributed by atoms with Gasteiger partial charge in [0.2, 0.25) is 5.72 Å². The Morgan fingerprint density at radius 1 is 0.909 bits per heavy atom. The van der Waals surface area contributed by atoms with Gasteiger partial charge in [-0.3, -0.25) is 0 Å². The molecule has 3 aromatic rings. The normalized spacial score (nSPS) is 21.3. The molecule has 3 aliphatic heterocycles. The molecule has 0 unspecified atom stereocenters. The fourth-order valence-corrected chi connectivity index (χ4v) is 6.13. The molecule has 0 N–H and O–H groups in total. The predicted octanol–water partition coefficient (Wildman–Crippen LogP) is 6.19. The second-order valence-corrected chi connectivity index (χ2v) is 10.2. The highest BCUT2D eigenvalue weighted by atomic mass is 32.2. The van der Waals surface area contributed by atoms with Crippen molar-refractivity contribution in [3.05, 3.63) is 90.0 Å². The minimum absolute atomic E-state index is 0.247. The van der Waals surface area contributed by atoms with Gasteiger partial charge in [0.15, 0.2) is 0 Å². The highest BCUT2D eigenvalue weighted by Crippen LogP contribution is 2.49. The molecule has 168 valence electrons. The Kier molecular flexibility index (Phi) is 5.39. The van der Waals surface area contributed by atoms with Gasteiger partial charge in [-0.25, -0.2) is 5.01 Å². The van der Waals surface area contributed by atoms with Crippen molar-refractivity contribution in [3.63, 3.8) is 0 Å². The van der Waals surface area contributed by atoms with Crippen molar-refractivity contribution < 1.29 is 4.74 Å². The van der Waals surface area contributed by atoms with Crippen molar-refractivity contribution >= 4 is 17.5 Å². The maximum Gasteiger partial charge on any atom is 0.200 e. The summed E-state index contributed by atoms with van der Waals surface area (Å²) in [6, 6.07) is 28.2. The molecule has 0 radical (unpaired) electrons. The number of piperidine rings is 1. The van der Waals surface area contributed by atoms with Crippen LogP contribution in [0.2, 0.25) is 0 Å². The zero-order valence-electron chi connectivity index (χ0n) is 19.0. The van der Waals surface area contributed by atoms with Crippen LogP contribution in [0.1, 0.15) is 43.4 Å². The summed E-state index contributed by atoms with van der Waals surface area (Å²) in [5, 5.41) is 7.53. The third-order valence-electron chi connectivity index (χ3n) is 7.16. The van der Waals surface area contributed by atoms with Crippen LogP contribution in [-0.2, 0) is 0 Å². The van der Waals surface area contributed by atoms with E-state index in [1.165, 1.54) is 20.9 Å². The first kappa shape index (κ1) is 20.8. The van der Waals surface area contributed by atoms with E-state index in [1.807, 2.05) is 0 Å². The fourth-order valence-electron chi connectivity index (χ4n) is 5.29. The van der Waals surface area contributed by atoms with E-state index in [-0.39, 0.29) is 11.8 Å². The Hall–Kier alpha value is -2.76. The van der Waals surface area contributed by atoms with Gasteiger partial charge in [0.1, 0.15) is 5.75 Å². The smallest absolute Gasteiger partial charge is 0.200 e. The fraction of sp³-hybridized carbons (Fsp3) is 0.321. The number of hydrogen-bond acceptors (Lipinski definition) is 5. The van der Waals surface area contributed by atoms with Gasteiger partial charge in [0.25, 0.3) is 0 Å². The minimum Gasteiger partial charge on any atom is -0.466 e. The van der Waals surface area contributed by atoms with Crippen molar-refractivity contribution in [1.82, 2.24) is 9.91 Å². The van der Waals surface area contributed by atoms with Gasteiger partial charge >= 0.3 is 0 Å². The van der Waals surface area contributed by atoms with Gasteiger partial charge in [-0.15, -0.1) is 0 Å². The topological polar surface area (TPSA) is 28.1 Å². The van der Waals surface area contributed by atoms with Gasteiger partial charge in [0.05, 0.1) is 11.8 Å². The standard InChI is InChI=1S/C28H29N3OS/c1-2-30-18-16-28(17-19-30)31-26(24-10-6-7-11-27(24)32-28)20-25(29-31)21-12-14-23(15-13-21)33-22-8-4-3-5-9-22/h3-15,26H,2,16-20H2,1H3/t26-/m1/s1. The molecule has 0 saturated carbocycles. The van der Waals surface area contributed by atoms with Crippen LogP contribution >= 0.6 is 11.8 Å². The Balaban J connectivity index is 1.29. The molecule has 33 heavy (non-hydrogen) atoms. The number of hydrogen-bond donors (Lipinski definition) is 0. The van der Waals surface area contributed by atoms with E-state index >= 15 is 0 Å². The van der Waals surface area contributed by atoms with Gasteiger partial charge in [-0.1, -0.05) is 67.2 Å². The average Bonchev–Trinajstić information content (AvgIpc) is 3.33. The lowest BCUT2D eigenvalue weighted by atomic mass is 9.91. The van der Waals surface area contributed by atoms with E-state index in [1.54, 1.807) is 11.8 Å². The first-order valence-corrected chi connectivity index (χ1v) is 12.8. The molecule has 0 aromatic heterocycles. The highest BCUT2D eigenvalue weighted by molar-refractivity contribution is 7.99. The second-order valence-electron chi connectivity index (χ2n) is 9.07. The van der Waals surface area contributed by atoms with E-state index in [9.17, 15) is 0 Å². The van der Waals surface area contributed by atoms with Crippen LogP contribution in [0, 0.1) is 0 Å². The first-order chi connectivity index (χ1) is 16.2. The Morgan fingerprint density at radius 3 is 2.36 bits per heavy atom. The summed E-state index contributed by atoms with van der Waals surface area (Å²) >= 11 is 1.79. The SMILES string of the molecule is CCN1CCC2(CC1)Oc1ccccc1[C@H]1CC(c3ccc(Sc4ccccc4)cc3)=NN12. The van der Waals surface area contributed by atoms with Crippen molar-refractivity contribution in [3.8, 4) is 5.75 Å². The maximum atomic E-state index is 6.73. The van der Waals surface area contributed by atoms with Crippen LogP contribution in [-0.4, -0.2) is 41.0 Å². The molecule has 5 heteroatoms. The van der Waals surface area contributed by atoms with Crippen molar-refractivity contribution in [2.45, 2.75) is 47.7 Å². The Labute approximate surface area is 200 Å². The molecule has 0 aliphatic carbocycles. The quantitative estimate of drug-likeness (QED) is 0.469. The molecular weight excluding hydrogens is 426 g/mol. The summed E-state index contributed by atoms with van der Waals surface area (Å²) in [6.45, 7) is 5.44. The van der Waals surface area contributed by atoms with Gasteiger partial charge in [-0.05, 0) is 42.4 Å². The van der Waals surface area contributed by atoms with E-state index in [2.05, 4.69) is 95.7 Å². The third kappa shape index (κ3) is 3.83. The van der Waals surface area contributed by atoms with Crippen LogP contribution in [0.5, 0.6) is 5.75 Å². The predicted molar refractivity (Wildman–Crippen MR) is 134 cm³/mol. The number of ether oxygens (including phenoxy) is 1. The van der Waals surface area contributed by atoms with Crippen molar-refractivity contribution in [1.29, 1.82) is 0 Å². The van der Waals surface area contributed by atoms with E-state index < -0.39 is 0 Å². The monoisotopic (exact) mass is 455 g/mol. The molecule has 1 saturated heterocycles. The summed E-state index contributed by atoms with van der Waals surface area (Å²) in [5.41, 5.74) is 3.29. The lowest BCUT2D eigenvalue weighted by molar-refractivity contribution is -0.149. The maximum absolute atomic E-state index is 6.73. The number of fused-ring (bicyclic) bond motifs is 4. The molecule has 4 nitrogen and oxygen atoms in total. The molecule has 3 aromatic carbocycles. The van der Waals surface area contributed by atoms with Gasteiger partial charge in [-0.2, -0.15) is 5.10 Å². The molecule has 6 rings (SSSR count). The lowest BCUT2D eigenvalue weighted by Gasteiger charge is -2.51. The average molecular weight is 456 g/mol. The summed E-state index contributed by atoms with van der Waals surface area (Å²) in [5.74, 6) is 1.04. The molecule has 3 heterocycles. The van der Waals surface area contributed by atoms with Crippen LogP contribution in [0.25, 0.3) is 0 Å². The summed E-state index contributed by atoms with van der Waals surface area (Å²) < 4.78 is 6.73. The number of para-hydroxylation sites is 1. The molecule has 1 fully saturated rings. The molecular formula is C28H29N3OS. The molecule has 0 bridgehead atoms. The molecule has 1 spiro atoms. The summed E-state index contributed by atoms with van der Waals surface area (Å²) in [7, 11) is 0. The van der Waals surface area contributed by atoms with E-state index in [0.29, 0.717) is 0 Å². The van der Waals surface area contributed by atoms with Crippen LogP contribution in [0.4, 0.5) is 0 Å². The molecule has 3 aliphatic rings. The number of hydrazone groups is 1. The Morgan fingerprint density at radius 2 is 1.61 bits per heavy atom. The van der Waals surface area contributed by atoms with E-state index in [0.717, 1.165) is 50.4 Å². The van der Waals surface area contributed by atoms with Crippen LogP contribution < -0.4 is 4.74 Å². The highest BCUT2D eigenvalue weighted by Gasteiger charge is 2.51. The summed E-state index contributed by atoms with van der Waals surface area (Å²) in [6.07, 6.45) is 2.88. The summed E-state index contributed by atoms with van der Waals surface area (Å²) in [4.78, 5) is 5.02. The van der Waals surface area contributed by atoms with Crippen LogP contribution in [0.3, 0.4) is 0 Å². The second kappa shape index (κ2) is 8.54. The zero-order valence-corrected chi connectivity index (χ0v) is 19.8. The lowest BCUT2D eigenvalue weighted by Crippen LogP contribution is -2.59. The zero-order chi connectivity index (χ0) is 22.3. The minimum atomic E-state index is -0.338. The first-order valence-electron chi connectivity index (χ1n) is 11.9. The van der Waals surface area contributed by atoms with Crippen LogP contribution in [0.15, 0.2) is 93.8 Å². The molecule has 0 amide bonds. The van der Waals surface area contributed by atoms with Gasteiger partial charge < -0.3 is 9.64 Å². The number of benzene rings is 3. The van der Waals surface area contributed by atoms with Gasteiger partial charge in [0, 0.05) is 47.7 Å². The third-order valence-corrected chi connectivity index (χ3v) is 8.17.